The molecule has 0 atom stereocenters. The molecular weight excluding hydrogens is 378 g/mol. The van der Waals surface area contributed by atoms with E-state index in [1.807, 2.05) is 24.3 Å². The Kier molecular flexibility index (Phi) is 5.76. The standard InChI is InChI=1S/C20H24BrN3O/c1-15-6-5-9-19(16(15)2)24-12-10-23(11-13-24)14-20(25)22-18-8-4-3-7-17(18)21/h3-9H,10-14H2,1-2H3,(H,22,25)/p+1. The molecule has 1 aliphatic heterocycles. The van der Waals surface area contributed by atoms with Crippen molar-refractivity contribution >= 4 is 33.2 Å². The highest BCUT2D eigenvalue weighted by Crippen LogP contribution is 2.22. The summed E-state index contributed by atoms with van der Waals surface area (Å²) in [5.41, 5.74) is 4.86. The smallest absolute Gasteiger partial charge is 0.279 e. The van der Waals surface area contributed by atoms with Gasteiger partial charge in [-0.25, -0.2) is 0 Å². The fourth-order valence-electron chi connectivity index (χ4n) is 3.30. The van der Waals surface area contributed by atoms with E-state index in [9.17, 15) is 4.79 Å². The number of carbonyl (C=O) groups excluding carboxylic acids is 1. The Labute approximate surface area is 158 Å². The minimum atomic E-state index is 0.0714. The molecule has 1 aliphatic rings. The Hall–Kier alpha value is -1.85. The first kappa shape index (κ1) is 18.0. The van der Waals surface area contributed by atoms with E-state index in [2.05, 4.69) is 58.2 Å². The van der Waals surface area contributed by atoms with E-state index >= 15 is 0 Å². The highest BCUT2D eigenvalue weighted by molar-refractivity contribution is 9.10. The molecule has 4 nitrogen and oxygen atoms in total. The molecule has 0 aromatic heterocycles. The van der Waals surface area contributed by atoms with Crippen molar-refractivity contribution in [2.24, 2.45) is 0 Å². The van der Waals surface area contributed by atoms with Crippen molar-refractivity contribution in [2.45, 2.75) is 13.8 Å². The number of para-hydroxylation sites is 1. The van der Waals surface area contributed by atoms with Gasteiger partial charge < -0.3 is 15.1 Å². The van der Waals surface area contributed by atoms with Gasteiger partial charge in [-0.05, 0) is 59.1 Å². The van der Waals surface area contributed by atoms with Crippen molar-refractivity contribution in [1.82, 2.24) is 0 Å². The van der Waals surface area contributed by atoms with Gasteiger partial charge in [-0.3, -0.25) is 4.79 Å². The molecule has 0 bridgehead atoms. The topological polar surface area (TPSA) is 36.8 Å². The van der Waals surface area contributed by atoms with Gasteiger partial charge in [0, 0.05) is 10.2 Å². The number of quaternary nitrogens is 1. The first-order valence-corrected chi connectivity index (χ1v) is 9.53. The lowest BCUT2D eigenvalue weighted by atomic mass is 10.1. The summed E-state index contributed by atoms with van der Waals surface area (Å²) in [7, 11) is 0. The van der Waals surface area contributed by atoms with Gasteiger partial charge in [0.05, 0.1) is 31.9 Å². The van der Waals surface area contributed by atoms with Gasteiger partial charge in [0.1, 0.15) is 0 Å². The second-order valence-electron chi connectivity index (χ2n) is 6.66. The first-order valence-electron chi connectivity index (χ1n) is 8.73. The number of aryl methyl sites for hydroxylation is 1. The van der Waals surface area contributed by atoms with E-state index in [0.29, 0.717) is 6.54 Å². The number of amides is 1. The summed E-state index contributed by atoms with van der Waals surface area (Å²) in [5.74, 6) is 0.0714. The maximum Gasteiger partial charge on any atom is 0.279 e. The van der Waals surface area contributed by atoms with Crippen LogP contribution < -0.4 is 15.1 Å². The number of rotatable bonds is 4. The molecule has 3 rings (SSSR count). The van der Waals surface area contributed by atoms with Crippen molar-refractivity contribution in [3.63, 3.8) is 0 Å². The molecule has 2 N–H and O–H groups in total. The Morgan fingerprint density at radius 2 is 1.84 bits per heavy atom. The zero-order chi connectivity index (χ0) is 17.8. The van der Waals surface area contributed by atoms with E-state index in [1.54, 1.807) is 0 Å². The molecule has 1 amide bonds. The highest BCUT2D eigenvalue weighted by atomic mass is 79.9. The number of halogens is 1. The van der Waals surface area contributed by atoms with Crippen LogP contribution in [0.3, 0.4) is 0 Å². The summed E-state index contributed by atoms with van der Waals surface area (Å²) >= 11 is 3.47. The fourth-order valence-corrected chi connectivity index (χ4v) is 3.69. The van der Waals surface area contributed by atoms with Gasteiger partial charge >= 0.3 is 0 Å². The van der Waals surface area contributed by atoms with Crippen molar-refractivity contribution in [3.8, 4) is 0 Å². The number of carbonyl (C=O) groups is 1. The van der Waals surface area contributed by atoms with Crippen LogP contribution in [0.4, 0.5) is 11.4 Å². The number of nitrogens with one attached hydrogen (secondary N) is 2. The quantitative estimate of drug-likeness (QED) is 0.823. The van der Waals surface area contributed by atoms with Crippen LogP contribution in [-0.4, -0.2) is 38.6 Å². The minimum absolute atomic E-state index is 0.0714. The van der Waals surface area contributed by atoms with Gasteiger partial charge in [0.25, 0.3) is 5.91 Å². The van der Waals surface area contributed by atoms with E-state index < -0.39 is 0 Å². The SMILES string of the molecule is Cc1cccc(N2CC[NH+](CC(=O)Nc3ccccc3Br)CC2)c1C. The largest absolute Gasteiger partial charge is 0.360 e. The Balaban J connectivity index is 1.53. The Morgan fingerprint density at radius 1 is 1.12 bits per heavy atom. The summed E-state index contributed by atoms with van der Waals surface area (Å²) < 4.78 is 0.915. The Bertz CT molecular complexity index is 754. The minimum Gasteiger partial charge on any atom is -0.360 e. The van der Waals surface area contributed by atoms with Crippen molar-refractivity contribution in [2.75, 3.05) is 42.9 Å². The molecule has 25 heavy (non-hydrogen) atoms. The van der Waals surface area contributed by atoms with E-state index in [-0.39, 0.29) is 5.91 Å². The van der Waals surface area contributed by atoms with Gasteiger partial charge in [0.2, 0.25) is 0 Å². The molecule has 0 unspecified atom stereocenters. The third-order valence-electron chi connectivity index (χ3n) is 4.95. The molecule has 2 aromatic carbocycles. The summed E-state index contributed by atoms with van der Waals surface area (Å²) in [4.78, 5) is 16.1. The van der Waals surface area contributed by atoms with E-state index in [4.69, 9.17) is 0 Å². The van der Waals surface area contributed by atoms with Gasteiger partial charge in [-0.2, -0.15) is 0 Å². The van der Waals surface area contributed by atoms with E-state index in [1.165, 1.54) is 21.7 Å². The Morgan fingerprint density at radius 3 is 2.56 bits per heavy atom. The number of piperazine rings is 1. The van der Waals surface area contributed by atoms with Gasteiger partial charge in [-0.1, -0.05) is 24.3 Å². The number of hydrogen-bond donors (Lipinski definition) is 2. The van der Waals surface area contributed by atoms with Gasteiger partial charge in [-0.15, -0.1) is 0 Å². The molecule has 1 saturated heterocycles. The zero-order valence-electron chi connectivity index (χ0n) is 14.8. The summed E-state index contributed by atoms with van der Waals surface area (Å²) in [6.07, 6.45) is 0. The second kappa shape index (κ2) is 8.02. The molecule has 0 aliphatic carbocycles. The van der Waals surface area contributed by atoms with Gasteiger partial charge in [0.15, 0.2) is 6.54 Å². The van der Waals surface area contributed by atoms with Crippen LogP contribution in [0.15, 0.2) is 46.9 Å². The van der Waals surface area contributed by atoms with Crippen LogP contribution >= 0.6 is 15.9 Å². The molecule has 0 spiro atoms. The molecule has 132 valence electrons. The predicted octanol–water partition coefficient (Wildman–Crippen LogP) is 2.41. The first-order chi connectivity index (χ1) is 12.0. The summed E-state index contributed by atoms with van der Waals surface area (Å²) in [6.45, 7) is 8.81. The molecule has 5 heteroatoms. The second-order valence-corrected chi connectivity index (χ2v) is 7.52. The van der Waals surface area contributed by atoms with Crippen molar-refractivity contribution in [3.05, 3.63) is 58.1 Å². The van der Waals surface area contributed by atoms with Crippen LogP contribution in [0.25, 0.3) is 0 Å². The van der Waals surface area contributed by atoms with Crippen LogP contribution in [0.1, 0.15) is 11.1 Å². The summed E-state index contributed by atoms with van der Waals surface area (Å²) in [6, 6.07) is 14.2. The van der Waals surface area contributed by atoms with Crippen molar-refractivity contribution < 1.29 is 9.69 Å². The van der Waals surface area contributed by atoms with Crippen LogP contribution in [0.5, 0.6) is 0 Å². The number of anilines is 2. The lowest BCUT2D eigenvalue weighted by Crippen LogP contribution is -3.15. The monoisotopic (exact) mass is 402 g/mol. The number of nitrogens with zero attached hydrogens (tertiary/aromatic N) is 1. The third-order valence-corrected chi connectivity index (χ3v) is 5.64. The van der Waals surface area contributed by atoms with Crippen molar-refractivity contribution in [1.29, 1.82) is 0 Å². The molecule has 0 radical (unpaired) electrons. The molecule has 2 aromatic rings. The third kappa shape index (κ3) is 4.41. The normalized spacial score (nSPS) is 15.2. The molecule has 0 saturated carbocycles. The zero-order valence-corrected chi connectivity index (χ0v) is 16.4. The average Bonchev–Trinajstić information content (AvgIpc) is 2.60. The maximum atomic E-state index is 12.3. The van der Waals surface area contributed by atoms with Crippen LogP contribution in [-0.2, 0) is 4.79 Å². The highest BCUT2D eigenvalue weighted by Gasteiger charge is 2.23. The summed E-state index contributed by atoms with van der Waals surface area (Å²) in [5, 5.41) is 3.00. The van der Waals surface area contributed by atoms with Crippen LogP contribution in [0, 0.1) is 13.8 Å². The molecule has 1 heterocycles. The maximum absolute atomic E-state index is 12.3. The fraction of sp³-hybridized carbons (Fsp3) is 0.350. The lowest BCUT2D eigenvalue weighted by Gasteiger charge is -2.34. The van der Waals surface area contributed by atoms with Crippen LogP contribution in [0.2, 0.25) is 0 Å². The lowest BCUT2D eigenvalue weighted by molar-refractivity contribution is -0.892. The number of benzene rings is 2. The molecule has 1 fully saturated rings. The number of hydrogen-bond acceptors (Lipinski definition) is 2. The predicted molar refractivity (Wildman–Crippen MR) is 106 cm³/mol. The average molecular weight is 403 g/mol. The van der Waals surface area contributed by atoms with E-state index in [0.717, 1.165) is 36.3 Å². The molecular formula is C20H25BrN3O+.